The number of carbonyl (C=O) groups excluding carboxylic acids is 4. The Morgan fingerprint density at radius 3 is 2.50 bits per heavy atom. The average molecular weight is 386 g/mol. The predicted octanol–water partition coefficient (Wildman–Crippen LogP) is 3.14. The third-order valence-electron chi connectivity index (χ3n) is 5.31. The molecule has 0 spiro atoms. The van der Waals surface area contributed by atoms with Gasteiger partial charge in [-0.3, -0.25) is 14.4 Å². The summed E-state index contributed by atoms with van der Waals surface area (Å²) in [6, 6.07) is 3.03. The molecule has 7 nitrogen and oxygen atoms in total. The fourth-order valence-electron chi connectivity index (χ4n) is 3.40. The van der Waals surface area contributed by atoms with E-state index in [4.69, 9.17) is 9.15 Å². The minimum absolute atomic E-state index is 0.0415. The van der Waals surface area contributed by atoms with E-state index in [1.807, 2.05) is 0 Å². The maximum absolute atomic E-state index is 12.8. The summed E-state index contributed by atoms with van der Waals surface area (Å²) in [6.07, 6.45) is 1.53. The van der Waals surface area contributed by atoms with Crippen LogP contribution in [0.25, 0.3) is 11.0 Å². The van der Waals surface area contributed by atoms with E-state index in [1.165, 1.54) is 12.3 Å². The van der Waals surface area contributed by atoms with Crippen molar-refractivity contribution >= 4 is 34.3 Å². The third-order valence-corrected chi connectivity index (χ3v) is 5.31. The van der Waals surface area contributed by atoms with Crippen LogP contribution in [0.3, 0.4) is 0 Å². The molecular weight excluding hydrogens is 364 g/mol. The smallest absolute Gasteiger partial charge is 0.342 e. The molecule has 1 N–H and O–H groups in total. The van der Waals surface area contributed by atoms with E-state index in [2.05, 4.69) is 0 Å². The van der Waals surface area contributed by atoms with Crippen LogP contribution < -0.4 is 0 Å². The molecule has 0 amide bonds. The fourth-order valence-corrected chi connectivity index (χ4v) is 3.40. The van der Waals surface area contributed by atoms with Crippen LogP contribution in [0.5, 0.6) is 5.75 Å². The number of carbonyl (C=O) groups is 4. The topological polar surface area (TPSA) is 111 Å². The van der Waals surface area contributed by atoms with Crippen molar-refractivity contribution in [2.24, 2.45) is 5.92 Å². The van der Waals surface area contributed by atoms with Gasteiger partial charge >= 0.3 is 5.97 Å². The first kappa shape index (κ1) is 19.8. The summed E-state index contributed by atoms with van der Waals surface area (Å²) in [4.78, 5) is 48.8. The highest BCUT2D eigenvalue weighted by atomic mass is 16.5. The van der Waals surface area contributed by atoms with Crippen LogP contribution in [0, 0.1) is 5.92 Å². The number of rotatable bonds is 0. The molecule has 148 valence electrons. The van der Waals surface area contributed by atoms with Gasteiger partial charge in [-0.1, -0.05) is 6.92 Å². The number of hydrogen-bond donors (Lipinski definition) is 1. The Morgan fingerprint density at radius 1 is 1.04 bits per heavy atom. The molecule has 7 heteroatoms. The number of aromatic hydroxyl groups is 1. The average Bonchev–Trinajstić information content (AvgIpc) is 3.11. The number of esters is 1. The molecule has 1 aromatic carbocycles. The van der Waals surface area contributed by atoms with Gasteiger partial charge in [0.05, 0.1) is 6.26 Å². The first-order valence-corrected chi connectivity index (χ1v) is 9.33. The quantitative estimate of drug-likeness (QED) is 0.547. The molecule has 0 unspecified atom stereocenters. The molecule has 1 aliphatic heterocycles. The zero-order valence-corrected chi connectivity index (χ0v) is 15.8. The number of phenols is 1. The van der Waals surface area contributed by atoms with Gasteiger partial charge < -0.3 is 14.3 Å². The van der Waals surface area contributed by atoms with Crippen molar-refractivity contribution < 1.29 is 33.4 Å². The summed E-state index contributed by atoms with van der Waals surface area (Å²) < 4.78 is 10.9. The zero-order chi connectivity index (χ0) is 20.4. The molecule has 0 fully saturated rings. The maximum Gasteiger partial charge on any atom is 0.342 e. The minimum atomic E-state index is -0.974. The molecule has 3 rings (SSSR count). The predicted molar refractivity (Wildman–Crippen MR) is 99.1 cm³/mol. The number of Topliss-reactive ketones (excluding diaryl/α,β-unsaturated/α-hetero) is 3. The van der Waals surface area contributed by atoms with Crippen molar-refractivity contribution in [2.75, 3.05) is 0 Å². The van der Waals surface area contributed by atoms with Crippen molar-refractivity contribution in [3.63, 3.8) is 0 Å². The number of fused-ring (bicyclic) bond motifs is 3. The molecule has 0 radical (unpaired) electrons. The summed E-state index contributed by atoms with van der Waals surface area (Å²) in [5.41, 5.74) is 0.946. The Hall–Kier alpha value is -2.96. The number of furan rings is 1. The van der Waals surface area contributed by atoms with Crippen LogP contribution in [-0.4, -0.2) is 34.5 Å². The lowest BCUT2D eigenvalue weighted by molar-refractivity contribution is -0.144. The summed E-state index contributed by atoms with van der Waals surface area (Å²) in [5.74, 6) is -3.54. The largest absolute Gasteiger partial charge is 0.507 e. The van der Waals surface area contributed by atoms with Crippen molar-refractivity contribution in [1.82, 2.24) is 0 Å². The minimum Gasteiger partial charge on any atom is -0.507 e. The second-order valence-electron chi connectivity index (χ2n) is 7.24. The van der Waals surface area contributed by atoms with E-state index in [0.717, 1.165) is 0 Å². The standard InChI is InChI=1S/C21H22O7/c1-11-6-7-16(23)20(25)15(22)5-3-4-14-13-8-9-27-18(13)10-17(24)19(14)21(26)28-12(11)2/h8-12,24H,3-7H2,1-2H3/t11-,12-/m0/s1. The van der Waals surface area contributed by atoms with Crippen LogP contribution in [0.2, 0.25) is 0 Å². The Bertz CT molecular complexity index is 953. The van der Waals surface area contributed by atoms with Crippen molar-refractivity contribution in [3.8, 4) is 5.75 Å². The molecule has 2 aromatic rings. The second-order valence-corrected chi connectivity index (χ2v) is 7.24. The van der Waals surface area contributed by atoms with E-state index in [0.29, 0.717) is 23.0 Å². The van der Waals surface area contributed by atoms with Gasteiger partial charge in [0.25, 0.3) is 5.78 Å². The van der Waals surface area contributed by atoms with Gasteiger partial charge in [0.2, 0.25) is 11.6 Å². The van der Waals surface area contributed by atoms with Crippen LogP contribution in [0.15, 0.2) is 22.8 Å². The van der Waals surface area contributed by atoms with Crippen molar-refractivity contribution in [1.29, 1.82) is 0 Å². The molecule has 2 atom stereocenters. The molecule has 28 heavy (non-hydrogen) atoms. The first-order chi connectivity index (χ1) is 13.3. The number of benzene rings is 1. The third kappa shape index (κ3) is 3.83. The maximum atomic E-state index is 12.8. The highest BCUT2D eigenvalue weighted by Gasteiger charge is 2.28. The molecular formula is C21H22O7. The van der Waals surface area contributed by atoms with Crippen molar-refractivity contribution in [2.45, 2.75) is 52.1 Å². The number of aryl methyl sites for hydroxylation is 1. The van der Waals surface area contributed by atoms with E-state index >= 15 is 0 Å². The lowest BCUT2D eigenvalue weighted by Gasteiger charge is -2.21. The van der Waals surface area contributed by atoms with E-state index in [1.54, 1.807) is 19.9 Å². The molecule has 0 aliphatic carbocycles. The molecule has 1 aromatic heterocycles. The highest BCUT2D eigenvalue weighted by molar-refractivity contribution is 6.63. The SMILES string of the molecule is C[C@@H]1OC(=O)c2c(O)cc3occc3c2CCCC(=O)C(=O)C(=O)CC[C@@H]1C. The van der Waals surface area contributed by atoms with Gasteiger partial charge in [-0.05, 0) is 43.7 Å². The lowest BCUT2D eigenvalue weighted by atomic mass is 9.93. The van der Waals surface area contributed by atoms with Crippen LogP contribution in [-0.2, 0) is 25.5 Å². The second kappa shape index (κ2) is 7.96. The van der Waals surface area contributed by atoms with Crippen LogP contribution >= 0.6 is 0 Å². The molecule has 0 bridgehead atoms. The van der Waals surface area contributed by atoms with Gasteiger partial charge in [-0.2, -0.15) is 0 Å². The number of cyclic esters (lactones) is 1. The van der Waals surface area contributed by atoms with Gasteiger partial charge in [0.15, 0.2) is 0 Å². The van der Waals surface area contributed by atoms with Crippen molar-refractivity contribution in [3.05, 3.63) is 29.5 Å². The summed E-state index contributed by atoms with van der Waals surface area (Å²) in [6.45, 7) is 3.49. The van der Waals surface area contributed by atoms with Crippen LogP contribution in [0.4, 0.5) is 0 Å². The highest BCUT2D eigenvalue weighted by Crippen LogP contribution is 2.33. The van der Waals surface area contributed by atoms with E-state index < -0.39 is 29.4 Å². The summed E-state index contributed by atoms with van der Waals surface area (Å²) >= 11 is 0. The number of hydrogen-bond acceptors (Lipinski definition) is 7. The van der Waals surface area contributed by atoms with Crippen LogP contribution in [0.1, 0.15) is 55.5 Å². The molecule has 1 aliphatic rings. The van der Waals surface area contributed by atoms with Gasteiger partial charge in [-0.15, -0.1) is 0 Å². The number of ketones is 3. The normalized spacial score (nSPS) is 22.6. The Balaban J connectivity index is 2.03. The van der Waals surface area contributed by atoms with Gasteiger partial charge in [-0.25, -0.2) is 4.79 Å². The molecule has 0 saturated carbocycles. The summed E-state index contributed by atoms with van der Waals surface area (Å²) in [7, 11) is 0. The van der Waals surface area contributed by atoms with E-state index in [9.17, 15) is 24.3 Å². The van der Waals surface area contributed by atoms with E-state index in [-0.39, 0.29) is 42.9 Å². The summed E-state index contributed by atoms with van der Waals surface area (Å²) in [5, 5.41) is 11.0. The Kier molecular flexibility index (Phi) is 5.63. The number of phenolic OH excluding ortho intramolecular Hbond substituents is 1. The zero-order valence-electron chi connectivity index (χ0n) is 15.8. The molecule has 0 saturated heterocycles. The number of ether oxygens (including phenoxy) is 1. The first-order valence-electron chi connectivity index (χ1n) is 9.33. The molecule has 2 heterocycles. The fraction of sp³-hybridized carbons (Fsp3) is 0.429. The monoisotopic (exact) mass is 386 g/mol. The Morgan fingerprint density at radius 2 is 1.75 bits per heavy atom. The lowest BCUT2D eigenvalue weighted by Crippen LogP contribution is -2.27. The Labute approximate surface area is 161 Å². The van der Waals surface area contributed by atoms with Gasteiger partial charge in [0.1, 0.15) is 23.0 Å². The van der Waals surface area contributed by atoms with Gasteiger partial charge in [0, 0.05) is 24.3 Å².